The van der Waals surface area contributed by atoms with Crippen LogP contribution >= 0.6 is 23.2 Å². The van der Waals surface area contributed by atoms with Crippen LogP contribution in [0.1, 0.15) is 5.56 Å². The fourth-order valence-electron chi connectivity index (χ4n) is 3.25. The summed E-state index contributed by atoms with van der Waals surface area (Å²) in [6.45, 7) is 2.62. The van der Waals surface area contributed by atoms with E-state index in [9.17, 15) is 23.3 Å². The smallest absolute Gasteiger partial charge is 0.270 e. The third-order valence-electron chi connectivity index (χ3n) is 4.93. The van der Waals surface area contributed by atoms with Crippen molar-refractivity contribution in [2.45, 2.75) is 11.8 Å². The molecule has 1 aliphatic heterocycles. The lowest BCUT2D eigenvalue weighted by molar-refractivity contribution is -0.385. The molecule has 2 aromatic rings. The molecular weight excluding hydrogens is 467 g/mol. The highest BCUT2D eigenvalue weighted by atomic mass is 35.5. The number of anilines is 1. The standard InChI is InChI=1S/C19H20Cl2N4O5S/c1-13-5-6-14(25(27)28)11-17(13)31(29,30)24-9-7-23(8-10-24)12-18(26)22-19-15(20)3-2-4-16(19)21/h2-6,11H,7-10,12H2,1H3,(H,22,26). The van der Waals surface area contributed by atoms with Crippen molar-refractivity contribution in [1.82, 2.24) is 9.21 Å². The number of rotatable bonds is 6. The molecule has 1 aliphatic rings. The van der Waals surface area contributed by atoms with Crippen LogP contribution < -0.4 is 5.32 Å². The number of nitrogens with one attached hydrogen (secondary N) is 1. The number of benzene rings is 2. The molecule has 1 saturated heterocycles. The van der Waals surface area contributed by atoms with Crippen molar-refractivity contribution in [1.29, 1.82) is 0 Å². The number of non-ortho nitro benzene ring substituents is 1. The number of nitrogens with zero attached hydrogens (tertiary/aromatic N) is 3. The average molecular weight is 487 g/mol. The van der Waals surface area contributed by atoms with Crippen LogP contribution in [0.4, 0.5) is 11.4 Å². The molecular formula is C19H20Cl2N4O5S. The Morgan fingerprint density at radius 2 is 1.74 bits per heavy atom. The summed E-state index contributed by atoms with van der Waals surface area (Å²) in [6.07, 6.45) is 0. The van der Waals surface area contributed by atoms with Crippen LogP contribution in [0.25, 0.3) is 0 Å². The second-order valence-electron chi connectivity index (χ2n) is 7.03. The first kappa shape index (κ1) is 23.4. The van der Waals surface area contributed by atoms with Crippen LogP contribution in [0.15, 0.2) is 41.3 Å². The van der Waals surface area contributed by atoms with Gasteiger partial charge in [-0.2, -0.15) is 4.31 Å². The Labute approximate surface area is 189 Å². The summed E-state index contributed by atoms with van der Waals surface area (Å²) in [5.74, 6) is -0.319. The molecule has 31 heavy (non-hydrogen) atoms. The maximum absolute atomic E-state index is 13.0. The molecule has 0 aromatic heterocycles. The molecule has 1 amide bonds. The summed E-state index contributed by atoms with van der Waals surface area (Å²) >= 11 is 12.1. The molecule has 1 fully saturated rings. The summed E-state index contributed by atoms with van der Waals surface area (Å²) in [6, 6.07) is 8.67. The van der Waals surface area contributed by atoms with Crippen molar-refractivity contribution >= 4 is 50.5 Å². The molecule has 0 bridgehead atoms. The van der Waals surface area contributed by atoms with Gasteiger partial charge >= 0.3 is 0 Å². The van der Waals surface area contributed by atoms with Gasteiger partial charge < -0.3 is 5.32 Å². The van der Waals surface area contributed by atoms with Crippen LogP contribution in [0.5, 0.6) is 0 Å². The summed E-state index contributed by atoms with van der Waals surface area (Å²) in [7, 11) is -3.89. The van der Waals surface area contributed by atoms with E-state index in [4.69, 9.17) is 23.2 Å². The monoisotopic (exact) mass is 486 g/mol. The van der Waals surface area contributed by atoms with E-state index in [2.05, 4.69) is 5.32 Å². The molecule has 166 valence electrons. The Hall–Kier alpha value is -2.24. The first-order chi connectivity index (χ1) is 14.6. The van der Waals surface area contributed by atoms with E-state index in [1.807, 2.05) is 4.90 Å². The molecule has 1 N–H and O–H groups in total. The van der Waals surface area contributed by atoms with Crippen molar-refractivity contribution in [2.24, 2.45) is 0 Å². The summed E-state index contributed by atoms with van der Waals surface area (Å²) in [4.78, 5) is 24.5. The van der Waals surface area contributed by atoms with Crippen LogP contribution in [0.2, 0.25) is 10.0 Å². The maximum Gasteiger partial charge on any atom is 0.270 e. The molecule has 12 heteroatoms. The Morgan fingerprint density at radius 3 is 2.32 bits per heavy atom. The second-order valence-corrected chi connectivity index (χ2v) is 9.75. The van der Waals surface area contributed by atoms with Gasteiger partial charge in [0.25, 0.3) is 5.69 Å². The zero-order valence-corrected chi connectivity index (χ0v) is 18.9. The largest absolute Gasteiger partial charge is 0.322 e. The minimum atomic E-state index is -3.89. The summed E-state index contributed by atoms with van der Waals surface area (Å²) < 4.78 is 27.3. The Balaban J connectivity index is 1.63. The summed E-state index contributed by atoms with van der Waals surface area (Å²) in [5, 5.41) is 14.3. The molecule has 0 atom stereocenters. The molecule has 9 nitrogen and oxygen atoms in total. The number of hydrogen-bond acceptors (Lipinski definition) is 6. The van der Waals surface area contributed by atoms with E-state index in [1.54, 1.807) is 25.1 Å². The third kappa shape index (κ3) is 5.34. The number of aryl methyl sites for hydroxylation is 1. The normalized spacial score (nSPS) is 15.6. The Morgan fingerprint density at radius 1 is 1.13 bits per heavy atom. The first-order valence-corrected chi connectivity index (χ1v) is 11.5. The minimum absolute atomic E-state index is 0.0469. The van der Waals surface area contributed by atoms with E-state index < -0.39 is 14.9 Å². The van der Waals surface area contributed by atoms with Crippen molar-refractivity contribution in [3.8, 4) is 0 Å². The van der Waals surface area contributed by atoms with Gasteiger partial charge in [0.05, 0.1) is 32.1 Å². The first-order valence-electron chi connectivity index (χ1n) is 9.31. The number of hydrogen-bond donors (Lipinski definition) is 1. The van der Waals surface area contributed by atoms with E-state index in [0.717, 1.165) is 6.07 Å². The molecule has 0 radical (unpaired) electrons. The predicted molar refractivity (Wildman–Crippen MR) is 118 cm³/mol. The number of sulfonamides is 1. The van der Waals surface area contributed by atoms with Crippen LogP contribution in [0, 0.1) is 17.0 Å². The fraction of sp³-hybridized carbons (Fsp3) is 0.316. The quantitative estimate of drug-likeness (QED) is 0.495. The molecule has 1 heterocycles. The lowest BCUT2D eigenvalue weighted by atomic mass is 10.2. The Bertz CT molecular complexity index is 1100. The molecule has 0 unspecified atom stereocenters. The number of carbonyl (C=O) groups is 1. The number of nitro benzene ring substituents is 1. The molecule has 0 aliphatic carbocycles. The van der Waals surface area contributed by atoms with Crippen LogP contribution in [0.3, 0.4) is 0 Å². The van der Waals surface area contributed by atoms with Gasteiger partial charge in [-0.1, -0.05) is 35.3 Å². The van der Waals surface area contributed by atoms with Crippen molar-refractivity contribution < 1.29 is 18.1 Å². The highest BCUT2D eigenvalue weighted by molar-refractivity contribution is 7.89. The zero-order valence-electron chi connectivity index (χ0n) is 16.5. The average Bonchev–Trinajstić information content (AvgIpc) is 2.71. The van der Waals surface area contributed by atoms with Gasteiger partial charge in [-0.15, -0.1) is 0 Å². The maximum atomic E-state index is 13.0. The lowest BCUT2D eigenvalue weighted by Crippen LogP contribution is -2.50. The number of amides is 1. The lowest BCUT2D eigenvalue weighted by Gasteiger charge is -2.33. The molecule has 2 aromatic carbocycles. The minimum Gasteiger partial charge on any atom is -0.322 e. The SMILES string of the molecule is Cc1ccc([N+](=O)[O-])cc1S(=O)(=O)N1CCN(CC(=O)Nc2c(Cl)cccc2Cl)CC1. The number of nitro groups is 1. The van der Waals surface area contributed by atoms with Gasteiger partial charge in [0.1, 0.15) is 0 Å². The Kier molecular flexibility index (Phi) is 7.17. The van der Waals surface area contributed by atoms with Gasteiger partial charge in [-0.25, -0.2) is 8.42 Å². The number of halogens is 2. The van der Waals surface area contributed by atoms with Gasteiger partial charge in [0.15, 0.2) is 0 Å². The van der Waals surface area contributed by atoms with E-state index in [-0.39, 0.29) is 36.1 Å². The summed E-state index contributed by atoms with van der Waals surface area (Å²) in [5.41, 5.74) is 0.486. The van der Waals surface area contributed by atoms with Crippen LogP contribution in [-0.4, -0.2) is 61.2 Å². The van der Waals surface area contributed by atoms with E-state index in [1.165, 1.54) is 16.4 Å². The molecule has 0 spiro atoms. The highest BCUT2D eigenvalue weighted by Crippen LogP contribution is 2.30. The van der Waals surface area contributed by atoms with Gasteiger partial charge in [-0.3, -0.25) is 19.8 Å². The van der Waals surface area contributed by atoms with E-state index >= 15 is 0 Å². The van der Waals surface area contributed by atoms with E-state index in [0.29, 0.717) is 34.4 Å². The number of carbonyl (C=O) groups excluding carboxylic acids is 1. The predicted octanol–water partition coefficient (Wildman–Crippen LogP) is 3.16. The van der Waals surface area contributed by atoms with Crippen molar-refractivity contribution in [3.05, 3.63) is 62.1 Å². The fourth-order valence-corrected chi connectivity index (χ4v) is 5.41. The number of piperazine rings is 1. The topological polar surface area (TPSA) is 113 Å². The van der Waals surface area contributed by atoms with Gasteiger partial charge in [0.2, 0.25) is 15.9 Å². The third-order valence-corrected chi connectivity index (χ3v) is 7.60. The molecule has 0 saturated carbocycles. The molecule has 3 rings (SSSR count). The number of para-hydroxylation sites is 1. The second kappa shape index (κ2) is 9.49. The zero-order chi connectivity index (χ0) is 22.8. The van der Waals surface area contributed by atoms with Crippen molar-refractivity contribution in [2.75, 3.05) is 38.0 Å². The van der Waals surface area contributed by atoms with Gasteiger partial charge in [0, 0.05) is 38.3 Å². The van der Waals surface area contributed by atoms with Crippen molar-refractivity contribution in [3.63, 3.8) is 0 Å². The highest BCUT2D eigenvalue weighted by Gasteiger charge is 2.31. The van der Waals surface area contributed by atoms with Gasteiger partial charge in [-0.05, 0) is 24.6 Å². The van der Waals surface area contributed by atoms with Crippen LogP contribution in [-0.2, 0) is 14.8 Å².